The van der Waals surface area contributed by atoms with Crippen molar-refractivity contribution in [2.24, 2.45) is 0 Å². The standard InChI is InChI=1S/C19H18FN5OS/c1-3-11-25-17(14-7-9-21-10-8-14)23-24-19(25)27-13(2)18(26)22-16-6-4-5-15(20)12-16/h3-10,12-13H,1,11H2,2H3,(H,22,26)/t13-/m0/s1. The molecule has 3 aromatic rings. The molecule has 0 aliphatic heterocycles. The minimum absolute atomic E-state index is 0.246. The molecule has 0 saturated carbocycles. The fourth-order valence-corrected chi connectivity index (χ4v) is 3.26. The number of pyridine rings is 1. The van der Waals surface area contributed by atoms with Crippen LogP contribution in [-0.4, -0.2) is 30.9 Å². The second kappa shape index (κ2) is 8.59. The monoisotopic (exact) mass is 383 g/mol. The van der Waals surface area contributed by atoms with Gasteiger partial charge in [0.1, 0.15) is 5.82 Å². The quantitative estimate of drug-likeness (QED) is 0.496. The molecule has 1 atom stereocenters. The van der Waals surface area contributed by atoms with Crippen molar-refractivity contribution in [1.29, 1.82) is 0 Å². The summed E-state index contributed by atoms with van der Waals surface area (Å²) in [5.41, 5.74) is 1.29. The number of hydrogen-bond acceptors (Lipinski definition) is 5. The number of nitrogens with one attached hydrogen (secondary N) is 1. The van der Waals surface area contributed by atoms with Crippen LogP contribution in [0.25, 0.3) is 11.4 Å². The molecule has 1 N–H and O–H groups in total. The van der Waals surface area contributed by atoms with Crippen LogP contribution < -0.4 is 5.32 Å². The lowest BCUT2D eigenvalue weighted by Gasteiger charge is -2.13. The van der Waals surface area contributed by atoms with Crippen molar-refractivity contribution < 1.29 is 9.18 Å². The Kier molecular flexibility index (Phi) is 5.97. The summed E-state index contributed by atoms with van der Waals surface area (Å²) in [6, 6.07) is 9.48. The average Bonchev–Trinajstić information content (AvgIpc) is 3.05. The molecule has 1 aromatic carbocycles. The molecule has 0 bridgehead atoms. The fourth-order valence-electron chi connectivity index (χ4n) is 2.41. The van der Waals surface area contributed by atoms with Crippen LogP contribution in [0, 0.1) is 5.82 Å². The van der Waals surface area contributed by atoms with E-state index in [1.54, 1.807) is 37.5 Å². The largest absolute Gasteiger partial charge is 0.325 e. The number of aromatic nitrogens is 4. The molecule has 0 fully saturated rings. The molecular formula is C19H18FN5OS. The van der Waals surface area contributed by atoms with Gasteiger partial charge in [-0.05, 0) is 37.3 Å². The van der Waals surface area contributed by atoms with Crippen molar-refractivity contribution in [3.8, 4) is 11.4 Å². The van der Waals surface area contributed by atoms with Crippen molar-refractivity contribution >= 4 is 23.4 Å². The van der Waals surface area contributed by atoms with Crippen LogP contribution in [0.2, 0.25) is 0 Å². The lowest BCUT2D eigenvalue weighted by Crippen LogP contribution is -2.23. The predicted molar refractivity (Wildman–Crippen MR) is 104 cm³/mol. The molecule has 0 spiro atoms. The molecule has 3 rings (SSSR count). The topological polar surface area (TPSA) is 72.7 Å². The molecule has 0 radical (unpaired) electrons. The SMILES string of the molecule is C=CCn1c(S[C@@H](C)C(=O)Nc2cccc(F)c2)nnc1-c1ccncc1. The number of allylic oxidation sites excluding steroid dienone is 1. The van der Waals surface area contributed by atoms with E-state index in [-0.39, 0.29) is 5.91 Å². The van der Waals surface area contributed by atoms with Gasteiger partial charge >= 0.3 is 0 Å². The maximum Gasteiger partial charge on any atom is 0.237 e. The van der Waals surface area contributed by atoms with Gasteiger partial charge in [0.2, 0.25) is 5.91 Å². The number of rotatable bonds is 7. The Bertz CT molecular complexity index is 944. The van der Waals surface area contributed by atoms with Gasteiger partial charge in [-0.25, -0.2) is 4.39 Å². The zero-order valence-corrected chi connectivity index (χ0v) is 15.5. The molecular weight excluding hydrogens is 365 g/mol. The normalized spacial score (nSPS) is 11.8. The molecule has 1 amide bonds. The number of amides is 1. The molecule has 8 heteroatoms. The number of halogens is 1. The van der Waals surface area contributed by atoms with Gasteiger partial charge in [0.15, 0.2) is 11.0 Å². The van der Waals surface area contributed by atoms with Crippen LogP contribution in [0.15, 0.2) is 66.6 Å². The Balaban J connectivity index is 1.77. The summed E-state index contributed by atoms with van der Waals surface area (Å²) in [4.78, 5) is 16.4. The van der Waals surface area contributed by atoms with Gasteiger partial charge in [0, 0.05) is 30.2 Å². The maximum absolute atomic E-state index is 13.3. The number of carbonyl (C=O) groups excluding carboxylic acids is 1. The van der Waals surface area contributed by atoms with Gasteiger partial charge in [-0.1, -0.05) is 23.9 Å². The molecule has 6 nitrogen and oxygen atoms in total. The highest BCUT2D eigenvalue weighted by molar-refractivity contribution is 8.00. The van der Waals surface area contributed by atoms with Gasteiger partial charge < -0.3 is 5.32 Å². The second-order valence-electron chi connectivity index (χ2n) is 5.70. The zero-order valence-electron chi connectivity index (χ0n) is 14.7. The number of hydrogen-bond donors (Lipinski definition) is 1. The van der Waals surface area contributed by atoms with Crippen LogP contribution in [0.1, 0.15) is 6.92 Å². The minimum Gasteiger partial charge on any atom is -0.325 e. The first-order valence-corrected chi connectivity index (χ1v) is 9.14. The smallest absolute Gasteiger partial charge is 0.237 e. The number of benzene rings is 1. The summed E-state index contributed by atoms with van der Waals surface area (Å²) < 4.78 is 15.2. The first-order valence-electron chi connectivity index (χ1n) is 8.26. The molecule has 2 heterocycles. The maximum atomic E-state index is 13.3. The van der Waals surface area contributed by atoms with Crippen molar-refractivity contribution in [2.75, 3.05) is 5.32 Å². The highest BCUT2D eigenvalue weighted by atomic mass is 32.2. The van der Waals surface area contributed by atoms with Crippen molar-refractivity contribution in [1.82, 2.24) is 19.7 Å². The first kappa shape index (κ1) is 18.8. The highest BCUT2D eigenvalue weighted by Crippen LogP contribution is 2.27. The highest BCUT2D eigenvalue weighted by Gasteiger charge is 2.20. The zero-order chi connectivity index (χ0) is 19.2. The number of anilines is 1. The second-order valence-corrected chi connectivity index (χ2v) is 7.01. The lowest BCUT2D eigenvalue weighted by molar-refractivity contribution is -0.115. The van der Waals surface area contributed by atoms with E-state index in [1.807, 2.05) is 16.7 Å². The minimum atomic E-state index is -0.452. The number of thioether (sulfide) groups is 1. The summed E-state index contributed by atoms with van der Waals surface area (Å²) in [5.74, 6) is 0.0302. The molecule has 138 valence electrons. The van der Waals surface area contributed by atoms with E-state index >= 15 is 0 Å². The van der Waals surface area contributed by atoms with E-state index in [2.05, 4.69) is 27.1 Å². The third-order valence-electron chi connectivity index (χ3n) is 3.71. The van der Waals surface area contributed by atoms with Gasteiger partial charge in [0.25, 0.3) is 0 Å². The van der Waals surface area contributed by atoms with Crippen LogP contribution in [0.4, 0.5) is 10.1 Å². The van der Waals surface area contributed by atoms with Crippen LogP contribution >= 0.6 is 11.8 Å². The van der Waals surface area contributed by atoms with E-state index in [9.17, 15) is 9.18 Å². The van der Waals surface area contributed by atoms with Crippen LogP contribution in [-0.2, 0) is 11.3 Å². The number of nitrogens with zero attached hydrogens (tertiary/aromatic N) is 4. The molecule has 0 saturated heterocycles. The summed E-state index contributed by atoms with van der Waals surface area (Å²) in [5, 5.41) is 11.3. The Morgan fingerprint density at radius 3 is 2.81 bits per heavy atom. The third-order valence-corrected chi connectivity index (χ3v) is 4.79. The van der Waals surface area contributed by atoms with E-state index in [1.165, 1.54) is 23.9 Å². The van der Waals surface area contributed by atoms with E-state index in [0.29, 0.717) is 23.2 Å². The summed E-state index contributed by atoms with van der Waals surface area (Å²) in [6.45, 7) is 6.04. The lowest BCUT2D eigenvalue weighted by atomic mass is 10.2. The summed E-state index contributed by atoms with van der Waals surface area (Å²) >= 11 is 1.28. The Hall–Kier alpha value is -3.00. The van der Waals surface area contributed by atoms with Gasteiger partial charge in [-0.2, -0.15) is 0 Å². The average molecular weight is 383 g/mol. The van der Waals surface area contributed by atoms with Gasteiger partial charge in [-0.3, -0.25) is 14.3 Å². The molecule has 27 heavy (non-hydrogen) atoms. The van der Waals surface area contributed by atoms with Gasteiger partial charge in [0.05, 0.1) is 5.25 Å². The fraction of sp³-hybridized carbons (Fsp3) is 0.158. The van der Waals surface area contributed by atoms with Gasteiger partial charge in [-0.15, -0.1) is 16.8 Å². The molecule has 0 unspecified atom stereocenters. The van der Waals surface area contributed by atoms with Crippen molar-refractivity contribution in [2.45, 2.75) is 23.9 Å². The Morgan fingerprint density at radius 2 is 2.11 bits per heavy atom. The predicted octanol–water partition coefficient (Wildman–Crippen LogP) is 3.78. The van der Waals surface area contributed by atoms with Crippen LogP contribution in [0.3, 0.4) is 0 Å². The first-order chi connectivity index (χ1) is 13.1. The Morgan fingerprint density at radius 1 is 1.33 bits per heavy atom. The summed E-state index contributed by atoms with van der Waals surface area (Å²) in [6.07, 6.45) is 5.11. The van der Waals surface area contributed by atoms with E-state index < -0.39 is 11.1 Å². The van der Waals surface area contributed by atoms with Crippen LogP contribution in [0.5, 0.6) is 0 Å². The number of carbonyl (C=O) groups is 1. The molecule has 0 aliphatic carbocycles. The van der Waals surface area contributed by atoms with E-state index in [0.717, 1.165) is 5.56 Å². The molecule has 2 aromatic heterocycles. The molecule has 0 aliphatic rings. The van der Waals surface area contributed by atoms with Crippen molar-refractivity contribution in [3.63, 3.8) is 0 Å². The third kappa shape index (κ3) is 4.59. The van der Waals surface area contributed by atoms with Crippen molar-refractivity contribution in [3.05, 3.63) is 67.3 Å². The Labute approximate surface area is 160 Å². The van der Waals surface area contributed by atoms with E-state index in [4.69, 9.17) is 0 Å². The summed E-state index contributed by atoms with van der Waals surface area (Å²) in [7, 11) is 0.